The molecule has 0 aliphatic rings. The van der Waals surface area contributed by atoms with Gasteiger partial charge in [0.1, 0.15) is 5.82 Å². The van der Waals surface area contributed by atoms with Crippen molar-refractivity contribution in [2.24, 2.45) is 5.73 Å². The second kappa shape index (κ2) is 4.93. The molecule has 0 fully saturated rings. The van der Waals surface area contributed by atoms with E-state index in [1.54, 1.807) is 13.1 Å². The molecule has 1 aromatic heterocycles. The number of pyridine rings is 1. The van der Waals surface area contributed by atoms with E-state index < -0.39 is 0 Å². The third kappa shape index (κ3) is 2.97. The molecule has 4 heteroatoms. The third-order valence-corrected chi connectivity index (χ3v) is 1.97. The van der Waals surface area contributed by atoms with Gasteiger partial charge in [0.05, 0.1) is 6.10 Å². The van der Waals surface area contributed by atoms with Gasteiger partial charge < -0.3 is 15.7 Å². The van der Waals surface area contributed by atoms with E-state index in [4.69, 9.17) is 5.73 Å². The third-order valence-electron chi connectivity index (χ3n) is 1.97. The first-order chi connectivity index (χ1) is 6.63. The van der Waals surface area contributed by atoms with Gasteiger partial charge >= 0.3 is 0 Å². The van der Waals surface area contributed by atoms with Gasteiger partial charge in [0.15, 0.2) is 0 Å². The first-order valence-electron chi connectivity index (χ1n) is 4.67. The molecule has 1 unspecified atom stereocenters. The number of hydrogen-bond donors (Lipinski definition) is 2. The molecule has 3 N–H and O–H groups in total. The van der Waals surface area contributed by atoms with Crippen molar-refractivity contribution in [1.29, 1.82) is 0 Å². The van der Waals surface area contributed by atoms with Gasteiger partial charge in [-0.25, -0.2) is 4.98 Å². The number of anilines is 1. The van der Waals surface area contributed by atoms with Gasteiger partial charge in [-0.15, -0.1) is 0 Å². The number of rotatable bonds is 4. The van der Waals surface area contributed by atoms with Crippen molar-refractivity contribution in [2.45, 2.75) is 19.6 Å². The smallest absolute Gasteiger partial charge is 0.128 e. The van der Waals surface area contributed by atoms with Gasteiger partial charge in [-0.2, -0.15) is 0 Å². The maximum atomic E-state index is 9.22. The maximum absolute atomic E-state index is 9.22. The fourth-order valence-electron chi connectivity index (χ4n) is 1.29. The van der Waals surface area contributed by atoms with Crippen molar-refractivity contribution < 1.29 is 5.11 Å². The molecule has 0 spiro atoms. The van der Waals surface area contributed by atoms with Gasteiger partial charge in [0.2, 0.25) is 0 Å². The van der Waals surface area contributed by atoms with E-state index in [0.29, 0.717) is 13.1 Å². The number of aromatic nitrogens is 1. The van der Waals surface area contributed by atoms with Crippen LogP contribution in [-0.4, -0.2) is 29.8 Å². The summed E-state index contributed by atoms with van der Waals surface area (Å²) in [4.78, 5) is 6.11. The summed E-state index contributed by atoms with van der Waals surface area (Å²) in [6.07, 6.45) is 1.37. The molecule has 0 radical (unpaired) electrons. The van der Waals surface area contributed by atoms with E-state index in [0.717, 1.165) is 11.4 Å². The summed E-state index contributed by atoms with van der Waals surface area (Å²) in [5.74, 6) is 0.842. The van der Waals surface area contributed by atoms with Crippen LogP contribution in [0, 0.1) is 0 Å². The molecule has 0 amide bonds. The number of nitrogens with two attached hydrogens (primary N) is 1. The van der Waals surface area contributed by atoms with Gasteiger partial charge in [0, 0.05) is 26.3 Å². The summed E-state index contributed by atoms with van der Waals surface area (Å²) < 4.78 is 0. The van der Waals surface area contributed by atoms with Crippen LogP contribution in [-0.2, 0) is 6.54 Å². The van der Waals surface area contributed by atoms with Crippen molar-refractivity contribution in [3.8, 4) is 0 Å². The van der Waals surface area contributed by atoms with Gasteiger partial charge in [-0.05, 0) is 24.6 Å². The zero-order valence-electron chi connectivity index (χ0n) is 8.64. The van der Waals surface area contributed by atoms with E-state index in [9.17, 15) is 5.11 Å². The van der Waals surface area contributed by atoms with E-state index in [1.165, 1.54) is 0 Å². The minimum absolute atomic E-state index is 0.358. The molecule has 4 nitrogen and oxygen atoms in total. The van der Waals surface area contributed by atoms with Crippen molar-refractivity contribution in [2.75, 3.05) is 18.5 Å². The topological polar surface area (TPSA) is 62.4 Å². The molecular weight excluding hydrogens is 178 g/mol. The molecule has 0 saturated carbocycles. The second-order valence-electron chi connectivity index (χ2n) is 3.46. The molecule has 78 valence electrons. The lowest BCUT2D eigenvalue weighted by molar-refractivity contribution is 0.201. The number of aliphatic hydroxyl groups excluding tert-OH is 1. The van der Waals surface area contributed by atoms with Crippen molar-refractivity contribution in [3.05, 3.63) is 23.9 Å². The van der Waals surface area contributed by atoms with Crippen molar-refractivity contribution >= 4 is 5.82 Å². The molecule has 1 atom stereocenters. The normalized spacial score (nSPS) is 12.6. The average molecular weight is 195 g/mol. The highest BCUT2D eigenvalue weighted by molar-refractivity contribution is 5.40. The fraction of sp³-hybridized carbons (Fsp3) is 0.500. The zero-order valence-corrected chi connectivity index (χ0v) is 8.64. The predicted octanol–water partition coefficient (Wildman–Crippen LogP) is 0.357. The predicted molar refractivity (Wildman–Crippen MR) is 57.1 cm³/mol. The van der Waals surface area contributed by atoms with Gasteiger partial charge in [0.25, 0.3) is 0 Å². The number of likely N-dealkylation sites (N-methyl/N-ethyl adjacent to an activating group) is 1. The van der Waals surface area contributed by atoms with Crippen LogP contribution >= 0.6 is 0 Å². The second-order valence-corrected chi connectivity index (χ2v) is 3.46. The SMILES string of the molecule is CC(O)CN(C)c1cc(CN)ccn1. The summed E-state index contributed by atoms with van der Waals surface area (Å²) in [6, 6.07) is 3.82. The summed E-state index contributed by atoms with van der Waals surface area (Å²) in [7, 11) is 1.90. The Kier molecular flexibility index (Phi) is 3.85. The standard InChI is InChI=1S/C10H17N3O/c1-8(14)7-13(2)10-5-9(6-11)3-4-12-10/h3-5,8,14H,6-7,11H2,1-2H3. The van der Waals surface area contributed by atoms with Crippen molar-refractivity contribution in [3.63, 3.8) is 0 Å². The highest BCUT2D eigenvalue weighted by atomic mass is 16.3. The molecule has 14 heavy (non-hydrogen) atoms. The Morgan fingerprint density at radius 1 is 1.64 bits per heavy atom. The number of hydrogen-bond acceptors (Lipinski definition) is 4. The average Bonchev–Trinajstić information content (AvgIpc) is 2.17. The molecule has 0 aliphatic heterocycles. The Morgan fingerprint density at radius 3 is 2.93 bits per heavy atom. The highest BCUT2D eigenvalue weighted by Gasteiger charge is 2.05. The Labute approximate surface area is 84.4 Å². The Bertz CT molecular complexity index is 288. The Morgan fingerprint density at radius 2 is 2.36 bits per heavy atom. The van der Waals surface area contributed by atoms with Crippen LogP contribution in [0.25, 0.3) is 0 Å². The molecule has 0 aromatic carbocycles. The lowest BCUT2D eigenvalue weighted by Gasteiger charge is -2.19. The fourth-order valence-corrected chi connectivity index (χ4v) is 1.29. The molecule has 0 aliphatic carbocycles. The Balaban J connectivity index is 2.73. The number of aliphatic hydroxyl groups is 1. The molecule has 1 rings (SSSR count). The first kappa shape index (κ1) is 10.9. The summed E-state index contributed by atoms with van der Waals surface area (Å²) >= 11 is 0. The lowest BCUT2D eigenvalue weighted by Crippen LogP contribution is -2.27. The largest absolute Gasteiger partial charge is 0.392 e. The van der Waals surface area contributed by atoms with E-state index >= 15 is 0 Å². The quantitative estimate of drug-likeness (QED) is 0.728. The monoisotopic (exact) mass is 195 g/mol. The van der Waals surface area contributed by atoms with Crippen LogP contribution in [0.2, 0.25) is 0 Å². The summed E-state index contributed by atoms with van der Waals surface area (Å²) in [6.45, 7) is 2.84. The van der Waals surface area contributed by atoms with Crippen LogP contribution in [0.1, 0.15) is 12.5 Å². The first-order valence-corrected chi connectivity index (χ1v) is 4.67. The highest BCUT2D eigenvalue weighted by Crippen LogP contribution is 2.10. The van der Waals surface area contributed by atoms with E-state index in [2.05, 4.69) is 4.98 Å². The molecule has 1 aromatic rings. The zero-order chi connectivity index (χ0) is 10.6. The van der Waals surface area contributed by atoms with Crippen LogP contribution < -0.4 is 10.6 Å². The van der Waals surface area contributed by atoms with E-state index in [-0.39, 0.29) is 6.10 Å². The Hall–Kier alpha value is -1.13. The van der Waals surface area contributed by atoms with Gasteiger partial charge in [-0.1, -0.05) is 0 Å². The molecule has 0 saturated heterocycles. The molecular formula is C10H17N3O. The van der Waals surface area contributed by atoms with Crippen LogP contribution in [0.5, 0.6) is 0 Å². The summed E-state index contributed by atoms with van der Waals surface area (Å²) in [5, 5.41) is 9.22. The molecule has 0 bridgehead atoms. The van der Waals surface area contributed by atoms with Crippen molar-refractivity contribution in [1.82, 2.24) is 4.98 Å². The maximum Gasteiger partial charge on any atom is 0.128 e. The number of nitrogens with zero attached hydrogens (tertiary/aromatic N) is 2. The van der Waals surface area contributed by atoms with E-state index in [1.807, 2.05) is 24.1 Å². The lowest BCUT2D eigenvalue weighted by atomic mass is 10.2. The van der Waals surface area contributed by atoms with Crippen LogP contribution in [0.3, 0.4) is 0 Å². The van der Waals surface area contributed by atoms with Crippen LogP contribution in [0.4, 0.5) is 5.82 Å². The minimum Gasteiger partial charge on any atom is -0.392 e. The molecule has 1 heterocycles. The van der Waals surface area contributed by atoms with Gasteiger partial charge in [-0.3, -0.25) is 0 Å². The summed E-state index contributed by atoms with van der Waals surface area (Å²) in [5.41, 5.74) is 6.57. The minimum atomic E-state index is -0.358. The van der Waals surface area contributed by atoms with Crippen LogP contribution in [0.15, 0.2) is 18.3 Å².